The van der Waals surface area contributed by atoms with Crippen molar-refractivity contribution in [3.63, 3.8) is 0 Å². The molecule has 0 saturated carbocycles. The summed E-state index contributed by atoms with van der Waals surface area (Å²) in [5, 5.41) is 36.1. The third-order valence-electron chi connectivity index (χ3n) is 2.24. The van der Waals surface area contributed by atoms with Gasteiger partial charge in [-0.15, -0.1) is 0 Å². The Morgan fingerprint density at radius 1 is 1.14 bits per heavy atom. The zero-order chi connectivity index (χ0) is 10.9. The van der Waals surface area contributed by atoms with Gasteiger partial charge >= 0.3 is 0 Å². The molecule has 0 spiro atoms. The minimum atomic E-state index is -3.01. The van der Waals surface area contributed by atoms with E-state index in [-0.39, 0.29) is 0 Å². The van der Waals surface area contributed by atoms with Crippen LogP contribution in [0.5, 0.6) is 0 Å². The van der Waals surface area contributed by atoms with Crippen LogP contribution in [-0.2, 0) is 4.74 Å². The van der Waals surface area contributed by atoms with Gasteiger partial charge in [0.15, 0.2) is 6.29 Å². The van der Waals surface area contributed by atoms with Gasteiger partial charge in [0.05, 0.1) is 18.6 Å². The summed E-state index contributed by atoms with van der Waals surface area (Å²) in [6, 6.07) is 0. The largest absolute Gasteiger partial charge is 0.394 e. The van der Waals surface area contributed by atoms with Crippen molar-refractivity contribution in [1.29, 1.82) is 0 Å². The maximum Gasteiger partial charge on any atom is 0.248 e. The van der Waals surface area contributed by atoms with Gasteiger partial charge in [-0.3, -0.25) is 0 Å². The standard InChI is InChI=1S/C7H12F2O5/c8-6(9)3-5(12)4(11)2(1-10)14-7(3)13/h2-7,10-13H,1H2. The summed E-state index contributed by atoms with van der Waals surface area (Å²) in [7, 11) is 0. The van der Waals surface area contributed by atoms with Crippen LogP contribution in [0, 0.1) is 5.92 Å². The van der Waals surface area contributed by atoms with E-state index in [2.05, 4.69) is 4.74 Å². The smallest absolute Gasteiger partial charge is 0.248 e. The number of halogens is 2. The molecular formula is C7H12F2O5. The Morgan fingerprint density at radius 3 is 2.14 bits per heavy atom. The van der Waals surface area contributed by atoms with E-state index in [1.54, 1.807) is 0 Å². The van der Waals surface area contributed by atoms with Crippen LogP contribution in [0.4, 0.5) is 8.78 Å². The van der Waals surface area contributed by atoms with Crippen LogP contribution < -0.4 is 0 Å². The molecule has 0 radical (unpaired) electrons. The van der Waals surface area contributed by atoms with Crippen molar-refractivity contribution < 1.29 is 33.9 Å². The molecule has 0 amide bonds. The molecule has 1 fully saturated rings. The van der Waals surface area contributed by atoms with Crippen LogP contribution in [0.15, 0.2) is 0 Å². The maximum absolute atomic E-state index is 12.3. The number of hydrogen-bond donors (Lipinski definition) is 4. The predicted molar refractivity (Wildman–Crippen MR) is 39.5 cm³/mol. The fourth-order valence-corrected chi connectivity index (χ4v) is 1.39. The van der Waals surface area contributed by atoms with Crippen molar-refractivity contribution in [1.82, 2.24) is 0 Å². The highest BCUT2D eigenvalue weighted by Crippen LogP contribution is 2.29. The SMILES string of the molecule is OCC1OC(O)C(C(F)F)C(O)C1O. The Labute approximate surface area is 78.5 Å². The summed E-state index contributed by atoms with van der Waals surface area (Å²) in [5.41, 5.74) is 0. The second-order valence-corrected chi connectivity index (χ2v) is 3.14. The number of rotatable bonds is 2. The first-order chi connectivity index (χ1) is 6.49. The molecule has 0 aromatic rings. The van der Waals surface area contributed by atoms with Gasteiger partial charge in [-0.1, -0.05) is 0 Å². The van der Waals surface area contributed by atoms with Gasteiger partial charge in [-0.25, -0.2) is 8.78 Å². The molecule has 1 saturated heterocycles. The van der Waals surface area contributed by atoms with Crippen molar-refractivity contribution in [2.45, 2.75) is 31.0 Å². The van der Waals surface area contributed by atoms with Crippen LogP contribution in [0.25, 0.3) is 0 Å². The Bertz CT molecular complexity index is 191. The summed E-state index contributed by atoms with van der Waals surface area (Å²) >= 11 is 0. The quantitative estimate of drug-likeness (QED) is 0.440. The molecule has 4 N–H and O–H groups in total. The molecule has 7 heteroatoms. The molecule has 5 atom stereocenters. The highest BCUT2D eigenvalue weighted by atomic mass is 19.3. The highest BCUT2D eigenvalue weighted by Gasteiger charge is 2.47. The third-order valence-corrected chi connectivity index (χ3v) is 2.24. The fourth-order valence-electron chi connectivity index (χ4n) is 1.39. The zero-order valence-corrected chi connectivity index (χ0v) is 7.12. The fraction of sp³-hybridized carbons (Fsp3) is 1.00. The lowest BCUT2D eigenvalue weighted by molar-refractivity contribution is -0.288. The normalized spacial score (nSPS) is 44.4. The molecule has 1 aliphatic rings. The van der Waals surface area contributed by atoms with Crippen molar-refractivity contribution in [2.75, 3.05) is 6.61 Å². The Hall–Kier alpha value is -0.340. The highest BCUT2D eigenvalue weighted by molar-refractivity contribution is 4.89. The Kier molecular flexibility index (Phi) is 3.73. The molecule has 1 heterocycles. The van der Waals surface area contributed by atoms with Crippen LogP contribution in [0.3, 0.4) is 0 Å². The summed E-state index contributed by atoms with van der Waals surface area (Å²) in [4.78, 5) is 0. The molecular weight excluding hydrogens is 202 g/mol. The maximum atomic E-state index is 12.3. The van der Waals surface area contributed by atoms with Gasteiger partial charge in [-0.05, 0) is 0 Å². The molecule has 0 aromatic heterocycles. The zero-order valence-electron chi connectivity index (χ0n) is 7.12. The second kappa shape index (κ2) is 4.45. The van der Waals surface area contributed by atoms with Crippen LogP contribution >= 0.6 is 0 Å². The lowest BCUT2D eigenvalue weighted by atomic mass is 9.91. The lowest BCUT2D eigenvalue weighted by Gasteiger charge is -2.39. The summed E-state index contributed by atoms with van der Waals surface area (Å²) in [6.07, 6.45) is -9.56. The van der Waals surface area contributed by atoms with Crippen molar-refractivity contribution in [2.24, 2.45) is 5.92 Å². The molecule has 1 rings (SSSR count). The molecule has 0 aromatic carbocycles. The van der Waals surface area contributed by atoms with Crippen LogP contribution in [0.2, 0.25) is 0 Å². The summed E-state index contributed by atoms with van der Waals surface area (Å²) in [6.45, 7) is -0.661. The molecule has 1 aliphatic heterocycles. The number of hydrogen-bond acceptors (Lipinski definition) is 5. The van der Waals surface area contributed by atoms with E-state index < -0.39 is 43.6 Å². The van der Waals surface area contributed by atoms with Gasteiger partial charge in [0, 0.05) is 0 Å². The summed E-state index contributed by atoms with van der Waals surface area (Å²) in [5.74, 6) is -1.85. The van der Waals surface area contributed by atoms with Gasteiger partial charge in [0.1, 0.15) is 12.2 Å². The van der Waals surface area contributed by atoms with Crippen LogP contribution in [-0.4, -0.2) is 58.1 Å². The van der Waals surface area contributed by atoms with Gasteiger partial charge in [0.2, 0.25) is 6.43 Å². The Balaban J connectivity index is 2.74. The molecule has 5 unspecified atom stereocenters. The van der Waals surface area contributed by atoms with E-state index in [4.69, 9.17) is 10.2 Å². The third kappa shape index (κ3) is 2.01. The predicted octanol–water partition coefficient (Wildman–Crippen LogP) is -1.70. The van der Waals surface area contributed by atoms with Gasteiger partial charge < -0.3 is 25.2 Å². The first-order valence-electron chi connectivity index (χ1n) is 4.07. The molecule has 84 valence electrons. The average Bonchev–Trinajstić information content (AvgIpc) is 2.10. The molecule has 0 aliphatic carbocycles. The van der Waals surface area contributed by atoms with E-state index in [9.17, 15) is 19.0 Å². The van der Waals surface area contributed by atoms with Gasteiger partial charge in [-0.2, -0.15) is 0 Å². The molecule has 0 bridgehead atoms. The lowest BCUT2D eigenvalue weighted by Crippen LogP contribution is -2.57. The van der Waals surface area contributed by atoms with E-state index in [1.807, 2.05) is 0 Å². The number of aliphatic hydroxyl groups is 4. The monoisotopic (exact) mass is 214 g/mol. The van der Waals surface area contributed by atoms with Crippen LogP contribution in [0.1, 0.15) is 0 Å². The van der Waals surface area contributed by atoms with E-state index in [0.29, 0.717) is 0 Å². The summed E-state index contributed by atoms with van der Waals surface area (Å²) < 4.78 is 29.0. The topological polar surface area (TPSA) is 90.2 Å². The minimum Gasteiger partial charge on any atom is -0.394 e. The first kappa shape index (κ1) is 11.7. The molecule has 5 nitrogen and oxygen atoms in total. The van der Waals surface area contributed by atoms with Crippen molar-refractivity contribution in [3.05, 3.63) is 0 Å². The van der Waals surface area contributed by atoms with E-state index in [1.165, 1.54) is 0 Å². The van der Waals surface area contributed by atoms with Crippen molar-refractivity contribution >= 4 is 0 Å². The first-order valence-corrected chi connectivity index (χ1v) is 4.07. The number of aliphatic hydroxyl groups excluding tert-OH is 4. The number of ether oxygens (including phenoxy) is 1. The second-order valence-electron chi connectivity index (χ2n) is 3.14. The molecule has 14 heavy (non-hydrogen) atoms. The number of alkyl halides is 2. The minimum absolute atomic E-state index is 0.661. The van der Waals surface area contributed by atoms with E-state index in [0.717, 1.165) is 0 Å². The average molecular weight is 214 g/mol. The van der Waals surface area contributed by atoms with Gasteiger partial charge in [0.25, 0.3) is 0 Å². The van der Waals surface area contributed by atoms with Crippen molar-refractivity contribution in [3.8, 4) is 0 Å². The van der Waals surface area contributed by atoms with E-state index >= 15 is 0 Å². The Morgan fingerprint density at radius 2 is 1.71 bits per heavy atom.